The van der Waals surface area contributed by atoms with Crippen molar-refractivity contribution >= 4 is 11.9 Å². The Balaban J connectivity index is 3.96. The molecule has 5 heteroatoms. The van der Waals surface area contributed by atoms with E-state index in [1.54, 1.807) is 39.8 Å². The molecule has 0 saturated carbocycles. The molecule has 0 rings (SSSR count). The maximum absolute atomic E-state index is 11.3. The SMILES string of the molecule is C/C=C(\C)C(=O)OCC(O)COC(=O)/C(C)=C/C. The first-order valence-corrected chi connectivity index (χ1v) is 5.70. The fraction of sp³-hybridized carbons (Fsp3) is 0.538. The molecule has 0 aliphatic carbocycles. The second-order valence-corrected chi connectivity index (χ2v) is 3.79. The predicted molar refractivity (Wildman–Crippen MR) is 66.8 cm³/mol. The highest BCUT2D eigenvalue weighted by Gasteiger charge is 2.13. The summed E-state index contributed by atoms with van der Waals surface area (Å²) in [6.07, 6.45) is 2.21. The van der Waals surface area contributed by atoms with Gasteiger partial charge in [-0.2, -0.15) is 0 Å². The summed E-state index contributed by atoms with van der Waals surface area (Å²) in [4.78, 5) is 22.5. The molecule has 102 valence electrons. The molecule has 0 aromatic carbocycles. The standard InChI is InChI=1S/C13H20O5/c1-5-9(3)12(15)17-7-11(14)8-18-13(16)10(4)6-2/h5-6,11,14H,7-8H2,1-4H3/b9-5+,10-6+. The Bertz CT molecular complexity index is 320. The molecule has 0 bridgehead atoms. The predicted octanol–water partition coefficient (Wildman–Crippen LogP) is 1.37. The van der Waals surface area contributed by atoms with Crippen LogP contribution in [0, 0.1) is 0 Å². The van der Waals surface area contributed by atoms with Crippen LogP contribution in [0.5, 0.6) is 0 Å². The summed E-state index contributed by atoms with van der Waals surface area (Å²) in [5, 5.41) is 9.46. The second kappa shape index (κ2) is 8.47. The van der Waals surface area contributed by atoms with Gasteiger partial charge in [0.25, 0.3) is 0 Å². The van der Waals surface area contributed by atoms with Crippen LogP contribution in [0.4, 0.5) is 0 Å². The molecule has 0 unspecified atom stereocenters. The van der Waals surface area contributed by atoms with Gasteiger partial charge >= 0.3 is 11.9 Å². The van der Waals surface area contributed by atoms with Gasteiger partial charge in [-0.1, -0.05) is 12.2 Å². The normalized spacial score (nSPS) is 14.1. The summed E-state index contributed by atoms with van der Waals surface area (Å²) >= 11 is 0. The highest BCUT2D eigenvalue weighted by atomic mass is 16.6. The topological polar surface area (TPSA) is 72.8 Å². The van der Waals surface area contributed by atoms with E-state index in [9.17, 15) is 14.7 Å². The van der Waals surface area contributed by atoms with Crippen LogP contribution in [0.3, 0.4) is 0 Å². The third-order valence-electron chi connectivity index (χ3n) is 2.32. The minimum Gasteiger partial charge on any atom is -0.459 e. The molecule has 18 heavy (non-hydrogen) atoms. The number of hydrogen-bond donors (Lipinski definition) is 1. The molecule has 0 radical (unpaired) electrons. The summed E-state index contributed by atoms with van der Waals surface area (Å²) in [6, 6.07) is 0. The van der Waals surface area contributed by atoms with Gasteiger partial charge < -0.3 is 14.6 Å². The number of allylic oxidation sites excluding steroid dienone is 2. The maximum atomic E-state index is 11.3. The molecular weight excluding hydrogens is 236 g/mol. The lowest BCUT2D eigenvalue weighted by Crippen LogP contribution is -2.25. The van der Waals surface area contributed by atoms with Crippen LogP contribution in [0.25, 0.3) is 0 Å². The summed E-state index contributed by atoms with van der Waals surface area (Å²) < 4.78 is 9.62. The van der Waals surface area contributed by atoms with Gasteiger partial charge in [-0.15, -0.1) is 0 Å². The molecule has 0 aliphatic rings. The molecule has 0 heterocycles. The molecule has 0 fully saturated rings. The van der Waals surface area contributed by atoms with Crippen LogP contribution in [0.2, 0.25) is 0 Å². The summed E-state index contributed by atoms with van der Waals surface area (Å²) in [5.74, 6) is -0.986. The molecule has 0 aromatic rings. The van der Waals surface area contributed by atoms with Gasteiger partial charge in [0.1, 0.15) is 19.3 Å². The number of carbonyl (C=O) groups is 2. The third-order valence-corrected chi connectivity index (χ3v) is 2.32. The van der Waals surface area contributed by atoms with Gasteiger partial charge in [-0.05, 0) is 27.7 Å². The molecule has 0 atom stereocenters. The van der Waals surface area contributed by atoms with E-state index in [0.29, 0.717) is 11.1 Å². The zero-order valence-electron chi connectivity index (χ0n) is 11.2. The minimum atomic E-state index is -1.02. The quantitative estimate of drug-likeness (QED) is 0.574. The second-order valence-electron chi connectivity index (χ2n) is 3.79. The van der Waals surface area contributed by atoms with Crippen molar-refractivity contribution in [2.45, 2.75) is 33.8 Å². The van der Waals surface area contributed by atoms with E-state index >= 15 is 0 Å². The summed E-state index contributed by atoms with van der Waals surface area (Å²) in [7, 11) is 0. The van der Waals surface area contributed by atoms with Crippen LogP contribution in [0.15, 0.2) is 23.3 Å². The molecule has 0 saturated heterocycles. The van der Waals surface area contributed by atoms with E-state index in [2.05, 4.69) is 0 Å². The van der Waals surface area contributed by atoms with E-state index < -0.39 is 18.0 Å². The van der Waals surface area contributed by atoms with Gasteiger partial charge in [-0.3, -0.25) is 0 Å². The molecule has 0 aromatic heterocycles. The monoisotopic (exact) mass is 256 g/mol. The minimum absolute atomic E-state index is 0.202. The fourth-order valence-corrected chi connectivity index (χ4v) is 0.855. The van der Waals surface area contributed by atoms with Crippen molar-refractivity contribution in [3.8, 4) is 0 Å². The summed E-state index contributed by atoms with van der Waals surface area (Å²) in [5.41, 5.74) is 0.924. The lowest BCUT2D eigenvalue weighted by molar-refractivity contribution is -0.147. The molecule has 0 aliphatic heterocycles. The largest absolute Gasteiger partial charge is 0.459 e. The first-order valence-electron chi connectivity index (χ1n) is 5.70. The van der Waals surface area contributed by atoms with Gasteiger partial charge in [0, 0.05) is 11.1 Å². The Morgan fingerprint density at radius 1 is 1.00 bits per heavy atom. The number of hydrogen-bond acceptors (Lipinski definition) is 5. The van der Waals surface area contributed by atoms with Gasteiger partial charge in [0.2, 0.25) is 0 Å². The van der Waals surface area contributed by atoms with Crippen molar-refractivity contribution in [3.63, 3.8) is 0 Å². The maximum Gasteiger partial charge on any atom is 0.333 e. The van der Waals surface area contributed by atoms with Crippen molar-refractivity contribution in [1.29, 1.82) is 0 Å². The highest BCUT2D eigenvalue weighted by Crippen LogP contribution is 2.00. The third kappa shape index (κ3) is 6.20. The molecule has 5 nitrogen and oxygen atoms in total. The van der Waals surface area contributed by atoms with Gasteiger partial charge in [-0.25, -0.2) is 9.59 Å². The number of esters is 2. The van der Waals surface area contributed by atoms with Crippen LogP contribution in [0.1, 0.15) is 27.7 Å². The average Bonchev–Trinajstić information content (AvgIpc) is 2.39. The Kier molecular flexibility index (Phi) is 7.71. The number of aliphatic hydroxyl groups is 1. The van der Waals surface area contributed by atoms with Crippen molar-refractivity contribution in [3.05, 3.63) is 23.3 Å². The zero-order valence-corrected chi connectivity index (χ0v) is 11.2. The van der Waals surface area contributed by atoms with Crippen LogP contribution in [-0.4, -0.2) is 36.4 Å². The van der Waals surface area contributed by atoms with Crippen molar-refractivity contribution in [1.82, 2.24) is 0 Å². The number of ether oxygens (including phenoxy) is 2. The van der Waals surface area contributed by atoms with E-state index in [0.717, 1.165) is 0 Å². The molecular formula is C13H20O5. The first-order chi connectivity index (χ1) is 8.42. The Morgan fingerprint density at radius 2 is 1.33 bits per heavy atom. The average molecular weight is 256 g/mol. The van der Waals surface area contributed by atoms with Gasteiger partial charge in [0.05, 0.1) is 0 Å². The van der Waals surface area contributed by atoms with Gasteiger partial charge in [0.15, 0.2) is 0 Å². The van der Waals surface area contributed by atoms with Crippen LogP contribution in [-0.2, 0) is 19.1 Å². The Hall–Kier alpha value is -1.62. The fourth-order valence-electron chi connectivity index (χ4n) is 0.855. The molecule has 1 N–H and O–H groups in total. The first kappa shape index (κ1) is 16.4. The summed E-state index contributed by atoms with van der Waals surface area (Å²) in [6.45, 7) is 6.26. The van der Waals surface area contributed by atoms with Crippen LogP contribution >= 0.6 is 0 Å². The smallest absolute Gasteiger partial charge is 0.333 e. The number of rotatable bonds is 6. The lowest BCUT2D eigenvalue weighted by Gasteiger charge is -2.12. The van der Waals surface area contributed by atoms with E-state index in [1.165, 1.54) is 0 Å². The zero-order chi connectivity index (χ0) is 14.1. The van der Waals surface area contributed by atoms with E-state index in [1.807, 2.05) is 0 Å². The van der Waals surface area contributed by atoms with E-state index in [4.69, 9.17) is 9.47 Å². The Labute approximate surface area is 107 Å². The van der Waals surface area contributed by atoms with E-state index in [-0.39, 0.29) is 13.2 Å². The van der Waals surface area contributed by atoms with Crippen LogP contribution < -0.4 is 0 Å². The molecule has 0 amide bonds. The number of aliphatic hydroxyl groups excluding tert-OH is 1. The van der Waals surface area contributed by atoms with Crippen molar-refractivity contribution in [2.24, 2.45) is 0 Å². The highest BCUT2D eigenvalue weighted by molar-refractivity contribution is 5.88. The van der Waals surface area contributed by atoms with Crippen molar-refractivity contribution < 1.29 is 24.2 Å². The number of carbonyl (C=O) groups excluding carboxylic acids is 2. The van der Waals surface area contributed by atoms with Crippen molar-refractivity contribution in [2.75, 3.05) is 13.2 Å². The Morgan fingerprint density at radius 3 is 1.61 bits per heavy atom. The lowest BCUT2D eigenvalue weighted by atomic mass is 10.3. The molecule has 0 spiro atoms.